The van der Waals surface area contributed by atoms with Crippen LogP contribution in [0, 0.1) is 12.8 Å². The lowest BCUT2D eigenvalue weighted by atomic mass is 10.0. The van der Waals surface area contributed by atoms with Crippen LogP contribution in [0.15, 0.2) is 41.3 Å². The Morgan fingerprint density at radius 2 is 1.92 bits per heavy atom. The first-order chi connectivity index (χ1) is 18.2. The van der Waals surface area contributed by atoms with Crippen molar-refractivity contribution in [3.63, 3.8) is 0 Å². The number of piperidine rings is 1. The molecular formula is C27H33ClN4O4S2. The summed E-state index contributed by atoms with van der Waals surface area (Å²) in [5, 5.41) is 1.24. The summed E-state index contributed by atoms with van der Waals surface area (Å²) < 4.78 is 34.3. The van der Waals surface area contributed by atoms with Gasteiger partial charge < -0.3 is 4.74 Å². The number of sulfonamides is 1. The predicted octanol–water partition coefficient (Wildman–Crippen LogP) is 4.66. The van der Waals surface area contributed by atoms with Crippen LogP contribution in [-0.4, -0.2) is 81.0 Å². The third-order valence-electron chi connectivity index (χ3n) is 7.22. The molecule has 2 aromatic carbocycles. The summed E-state index contributed by atoms with van der Waals surface area (Å²) in [5.74, 6) is 0.128. The molecule has 2 aliphatic heterocycles. The van der Waals surface area contributed by atoms with E-state index in [1.54, 1.807) is 33.5 Å². The van der Waals surface area contributed by atoms with E-state index in [1.807, 2.05) is 19.1 Å². The molecule has 0 N–H and O–H groups in total. The molecule has 2 saturated heterocycles. The molecule has 1 atom stereocenters. The highest BCUT2D eigenvalue weighted by Gasteiger charge is 2.29. The van der Waals surface area contributed by atoms with Gasteiger partial charge in [0.2, 0.25) is 10.0 Å². The molecule has 2 aliphatic rings. The summed E-state index contributed by atoms with van der Waals surface area (Å²) >= 11 is 7.71. The van der Waals surface area contributed by atoms with Gasteiger partial charge in [-0.2, -0.15) is 4.31 Å². The molecule has 8 nitrogen and oxygen atoms in total. The number of aryl methyl sites for hydroxylation is 1. The van der Waals surface area contributed by atoms with E-state index in [-0.39, 0.29) is 10.8 Å². The Hall–Kier alpha value is -2.08. The van der Waals surface area contributed by atoms with Gasteiger partial charge in [0.15, 0.2) is 5.13 Å². The number of thiazole rings is 1. The van der Waals surface area contributed by atoms with Crippen molar-refractivity contribution in [2.75, 3.05) is 57.4 Å². The number of anilines is 1. The lowest BCUT2D eigenvalue weighted by Crippen LogP contribution is -2.43. The van der Waals surface area contributed by atoms with E-state index >= 15 is 0 Å². The van der Waals surface area contributed by atoms with Crippen LogP contribution < -0.4 is 4.90 Å². The van der Waals surface area contributed by atoms with Crippen molar-refractivity contribution in [1.29, 1.82) is 0 Å². The van der Waals surface area contributed by atoms with Gasteiger partial charge in [0.1, 0.15) is 0 Å². The maximum absolute atomic E-state index is 13.8. The second-order valence-electron chi connectivity index (χ2n) is 10.1. The molecule has 3 heterocycles. The van der Waals surface area contributed by atoms with E-state index in [1.165, 1.54) is 11.3 Å². The summed E-state index contributed by atoms with van der Waals surface area (Å²) in [7, 11) is -3.59. The monoisotopic (exact) mass is 576 g/mol. The molecule has 1 unspecified atom stereocenters. The Labute approximate surface area is 233 Å². The predicted molar refractivity (Wildman–Crippen MR) is 152 cm³/mol. The fraction of sp³-hybridized carbons (Fsp3) is 0.481. The number of ether oxygens (including phenoxy) is 1. The van der Waals surface area contributed by atoms with Gasteiger partial charge in [-0.15, -0.1) is 0 Å². The van der Waals surface area contributed by atoms with Crippen LogP contribution >= 0.6 is 22.9 Å². The molecule has 1 amide bonds. The molecule has 11 heteroatoms. The maximum atomic E-state index is 13.8. The van der Waals surface area contributed by atoms with Crippen LogP contribution in [0.25, 0.3) is 10.2 Å². The van der Waals surface area contributed by atoms with Gasteiger partial charge in [0.05, 0.1) is 28.3 Å². The van der Waals surface area contributed by atoms with Crippen molar-refractivity contribution in [3.8, 4) is 0 Å². The first-order valence-electron chi connectivity index (χ1n) is 13.0. The minimum atomic E-state index is -3.59. The molecule has 0 radical (unpaired) electrons. The maximum Gasteiger partial charge on any atom is 0.260 e. The van der Waals surface area contributed by atoms with Crippen LogP contribution in [-0.2, 0) is 14.8 Å². The average Bonchev–Trinajstić information content (AvgIpc) is 3.33. The number of carbonyl (C=O) groups is 1. The lowest BCUT2D eigenvalue weighted by Gasteiger charge is -2.30. The van der Waals surface area contributed by atoms with Crippen molar-refractivity contribution in [2.24, 2.45) is 5.92 Å². The van der Waals surface area contributed by atoms with Crippen molar-refractivity contribution in [1.82, 2.24) is 14.2 Å². The van der Waals surface area contributed by atoms with Crippen LogP contribution in [0.4, 0.5) is 5.13 Å². The molecule has 2 fully saturated rings. The molecule has 204 valence electrons. The topological polar surface area (TPSA) is 83.0 Å². The highest BCUT2D eigenvalue weighted by molar-refractivity contribution is 7.89. The van der Waals surface area contributed by atoms with Crippen molar-refractivity contribution < 1.29 is 17.9 Å². The molecule has 1 aromatic heterocycles. The Morgan fingerprint density at radius 1 is 1.18 bits per heavy atom. The molecule has 0 spiro atoms. The summed E-state index contributed by atoms with van der Waals surface area (Å²) in [5.41, 5.74) is 2.21. The van der Waals surface area contributed by atoms with Gasteiger partial charge in [0.25, 0.3) is 5.91 Å². The lowest BCUT2D eigenvalue weighted by molar-refractivity contribution is 0.0391. The standard InChI is InChI=1S/C27H33ClN4O4S2/c1-19-4-3-9-31(18-19)38(34,35)23-7-5-21(6-8-23)26(33)32(11-10-30-12-14-36-15-13-30)27-29-25-20(2)16-22(28)17-24(25)37-27/h5-8,16-17,19H,3-4,9-15,18H2,1-2H3. The number of carbonyl (C=O) groups excluding carboxylic acids is 1. The number of fused-ring (bicyclic) bond motifs is 1. The second-order valence-corrected chi connectivity index (χ2v) is 13.5. The largest absolute Gasteiger partial charge is 0.379 e. The first-order valence-corrected chi connectivity index (χ1v) is 15.6. The summed E-state index contributed by atoms with van der Waals surface area (Å²) in [6, 6.07) is 10.1. The molecule has 3 aromatic rings. The number of amides is 1. The number of hydrogen-bond donors (Lipinski definition) is 0. The zero-order valence-electron chi connectivity index (χ0n) is 21.7. The number of morpholine rings is 1. The Balaban J connectivity index is 1.41. The van der Waals surface area contributed by atoms with Crippen molar-refractivity contribution >= 4 is 54.2 Å². The van der Waals surface area contributed by atoms with Gasteiger partial charge in [-0.3, -0.25) is 14.6 Å². The van der Waals surface area contributed by atoms with Crippen LogP contribution in [0.3, 0.4) is 0 Å². The van der Waals surface area contributed by atoms with Gasteiger partial charge in [-0.25, -0.2) is 13.4 Å². The summed E-state index contributed by atoms with van der Waals surface area (Å²) in [6.07, 6.45) is 1.90. The smallest absolute Gasteiger partial charge is 0.260 e. The van der Waals surface area contributed by atoms with Gasteiger partial charge >= 0.3 is 0 Å². The fourth-order valence-electron chi connectivity index (χ4n) is 5.05. The molecule has 5 rings (SSSR count). The van der Waals surface area contributed by atoms with Crippen LogP contribution in [0.1, 0.15) is 35.7 Å². The highest BCUT2D eigenvalue weighted by Crippen LogP contribution is 2.34. The number of benzene rings is 2. The first kappa shape index (κ1) is 27.5. The normalized spacial score (nSPS) is 19.6. The number of halogens is 1. The number of hydrogen-bond acceptors (Lipinski definition) is 7. The highest BCUT2D eigenvalue weighted by atomic mass is 35.5. The van der Waals surface area contributed by atoms with Gasteiger partial charge in [0, 0.05) is 49.9 Å². The van der Waals surface area contributed by atoms with Crippen LogP contribution in [0.2, 0.25) is 5.02 Å². The molecule has 0 saturated carbocycles. The van der Waals surface area contributed by atoms with E-state index in [9.17, 15) is 13.2 Å². The Bertz CT molecular complexity index is 1400. The van der Waals surface area contributed by atoms with Crippen LogP contribution in [0.5, 0.6) is 0 Å². The van der Waals surface area contributed by atoms with Gasteiger partial charge in [-0.1, -0.05) is 29.9 Å². The zero-order valence-corrected chi connectivity index (χ0v) is 24.1. The molecule has 0 aliphatic carbocycles. The SMILES string of the molecule is Cc1cc(Cl)cc2sc(N(CCN3CCOCC3)C(=O)c3ccc(S(=O)(=O)N4CCCC(C)C4)cc3)nc12. The van der Waals surface area contributed by atoms with Crippen molar-refractivity contribution in [3.05, 3.63) is 52.5 Å². The molecule has 0 bridgehead atoms. The Morgan fingerprint density at radius 3 is 2.63 bits per heavy atom. The van der Waals surface area contributed by atoms with E-state index in [0.717, 1.165) is 41.7 Å². The quantitative estimate of drug-likeness (QED) is 0.407. The van der Waals surface area contributed by atoms with Crippen molar-refractivity contribution in [2.45, 2.75) is 31.6 Å². The third-order valence-corrected chi connectivity index (χ3v) is 10.3. The summed E-state index contributed by atoms with van der Waals surface area (Å²) in [6.45, 7) is 9.23. The number of rotatable bonds is 7. The number of nitrogens with zero attached hydrogens (tertiary/aromatic N) is 4. The van der Waals surface area contributed by atoms with E-state index in [4.69, 9.17) is 21.3 Å². The molecule has 38 heavy (non-hydrogen) atoms. The summed E-state index contributed by atoms with van der Waals surface area (Å²) in [4.78, 5) is 22.8. The second kappa shape index (κ2) is 11.6. The molecular weight excluding hydrogens is 544 g/mol. The third kappa shape index (κ3) is 5.90. The minimum Gasteiger partial charge on any atom is -0.379 e. The van der Waals surface area contributed by atoms with E-state index in [2.05, 4.69) is 11.8 Å². The average molecular weight is 577 g/mol. The number of aromatic nitrogens is 1. The van der Waals surface area contributed by atoms with Gasteiger partial charge in [-0.05, 0) is 67.6 Å². The fourth-order valence-corrected chi connectivity index (χ4v) is 8.09. The Kier molecular flexibility index (Phi) is 8.37. The minimum absolute atomic E-state index is 0.211. The van der Waals surface area contributed by atoms with E-state index in [0.29, 0.717) is 61.0 Å². The zero-order chi connectivity index (χ0) is 26.9. The van der Waals surface area contributed by atoms with E-state index < -0.39 is 10.0 Å².